The molecule has 1 heterocycles. The van der Waals surface area contributed by atoms with E-state index in [1.54, 1.807) is 44.4 Å². The zero-order valence-corrected chi connectivity index (χ0v) is 14.9. The number of urea groups is 1. The van der Waals surface area contributed by atoms with Crippen LogP contribution < -0.4 is 20.7 Å². The molecule has 1 fully saturated rings. The van der Waals surface area contributed by atoms with Gasteiger partial charge in [-0.2, -0.15) is 0 Å². The van der Waals surface area contributed by atoms with E-state index in [-0.39, 0.29) is 5.91 Å². The number of rotatable bonds is 5. The highest BCUT2D eigenvalue weighted by molar-refractivity contribution is 6.07. The number of amides is 4. The first-order chi connectivity index (χ1) is 12.9. The molecule has 27 heavy (non-hydrogen) atoms. The van der Waals surface area contributed by atoms with E-state index in [2.05, 4.69) is 16.0 Å². The molecule has 0 spiro atoms. The van der Waals surface area contributed by atoms with Crippen molar-refractivity contribution in [3.63, 3.8) is 0 Å². The number of para-hydroxylation sites is 1. The molecule has 1 aliphatic heterocycles. The van der Waals surface area contributed by atoms with Crippen molar-refractivity contribution in [1.29, 1.82) is 0 Å². The van der Waals surface area contributed by atoms with Crippen molar-refractivity contribution in [2.75, 3.05) is 12.4 Å². The first-order valence-electron chi connectivity index (χ1n) is 8.28. The largest absolute Gasteiger partial charge is 0.496 e. The number of imide groups is 1. The van der Waals surface area contributed by atoms with Crippen LogP contribution in [0.15, 0.2) is 54.6 Å². The van der Waals surface area contributed by atoms with Crippen LogP contribution in [0.25, 0.3) is 6.08 Å². The highest BCUT2D eigenvalue weighted by atomic mass is 16.5. The zero-order chi connectivity index (χ0) is 19.4. The summed E-state index contributed by atoms with van der Waals surface area (Å²) in [5, 5.41) is 7.56. The minimum Gasteiger partial charge on any atom is -0.496 e. The summed E-state index contributed by atoms with van der Waals surface area (Å²) in [6, 6.07) is 13.6. The molecular formula is C20H19N3O4. The second-order valence-electron chi connectivity index (χ2n) is 6.18. The number of anilines is 1. The highest BCUT2D eigenvalue weighted by Gasteiger charge is 2.43. The van der Waals surface area contributed by atoms with E-state index in [9.17, 15) is 14.4 Å². The van der Waals surface area contributed by atoms with Crippen LogP contribution in [0.1, 0.15) is 18.1 Å². The maximum Gasteiger partial charge on any atom is 0.322 e. The van der Waals surface area contributed by atoms with Gasteiger partial charge in [-0.3, -0.25) is 14.9 Å². The summed E-state index contributed by atoms with van der Waals surface area (Å²) < 4.78 is 5.24. The Labute approximate surface area is 156 Å². The molecule has 7 heteroatoms. The maximum atomic E-state index is 12.2. The normalized spacial score (nSPS) is 18.9. The van der Waals surface area contributed by atoms with Crippen LogP contribution in [0.5, 0.6) is 5.75 Å². The van der Waals surface area contributed by atoms with Gasteiger partial charge in [-0.05, 0) is 36.8 Å². The summed E-state index contributed by atoms with van der Waals surface area (Å²) in [4.78, 5) is 35.7. The van der Waals surface area contributed by atoms with Gasteiger partial charge in [0, 0.05) is 17.3 Å². The van der Waals surface area contributed by atoms with Crippen molar-refractivity contribution >= 4 is 29.6 Å². The number of ether oxygens (including phenoxy) is 1. The average molecular weight is 365 g/mol. The predicted molar refractivity (Wildman–Crippen MR) is 101 cm³/mol. The van der Waals surface area contributed by atoms with Gasteiger partial charge in [0.1, 0.15) is 11.3 Å². The minimum atomic E-state index is -1.18. The van der Waals surface area contributed by atoms with Crippen molar-refractivity contribution in [1.82, 2.24) is 10.6 Å². The molecule has 1 aliphatic rings. The third-order valence-electron chi connectivity index (χ3n) is 4.31. The Morgan fingerprint density at radius 3 is 2.63 bits per heavy atom. The van der Waals surface area contributed by atoms with Crippen LogP contribution in [0, 0.1) is 0 Å². The van der Waals surface area contributed by atoms with E-state index < -0.39 is 17.5 Å². The average Bonchev–Trinajstić information content (AvgIpc) is 2.93. The van der Waals surface area contributed by atoms with E-state index in [1.165, 1.54) is 6.08 Å². The van der Waals surface area contributed by atoms with Gasteiger partial charge in [-0.1, -0.05) is 30.3 Å². The molecule has 3 N–H and O–H groups in total. The van der Waals surface area contributed by atoms with Gasteiger partial charge in [0.15, 0.2) is 0 Å². The molecule has 1 atom stereocenters. The number of benzene rings is 2. The van der Waals surface area contributed by atoms with Crippen LogP contribution in [0.3, 0.4) is 0 Å². The van der Waals surface area contributed by atoms with Crippen LogP contribution in [0.4, 0.5) is 10.5 Å². The van der Waals surface area contributed by atoms with Crippen molar-refractivity contribution < 1.29 is 19.1 Å². The molecule has 2 aromatic carbocycles. The molecule has 138 valence electrons. The summed E-state index contributed by atoms with van der Waals surface area (Å²) in [5.41, 5.74) is 0.682. The Hall–Kier alpha value is -3.61. The van der Waals surface area contributed by atoms with Gasteiger partial charge in [0.05, 0.1) is 7.11 Å². The van der Waals surface area contributed by atoms with E-state index in [0.717, 1.165) is 5.56 Å². The molecule has 2 aromatic rings. The van der Waals surface area contributed by atoms with Crippen molar-refractivity contribution in [3.05, 3.63) is 65.7 Å². The first kappa shape index (κ1) is 18.2. The number of nitrogens with one attached hydrogen (secondary N) is 3. The lowest BCUT2D eigenvalue weighted by Gasteiger charge is -2.21. The van der Waals surface area contributed by atoms with Crippen LogP contribution in [-0.4, -0.2) is 25.0 Å². The van der Waals surface area contributed by atoms with Crippen molar-refractivity contribution in [2.45, 2.75) is 12.5 Å². The smallest absolute Gasteiger partial charge is 0.322 e. The second kappa shape index (κ2) is 7.33. The summed E-state index contributed by atoms with van der Waals surface area (Å²) in [7, 11) is 1.57. The fourth-order valence-corrected chi connectivity index (χ4v) is 2.81. The highest BCUT2D eigenvalue weighted by Crippen LogP contribution is 2.26. The van der Waals surface area contributed by atoms with Crippen molar-refractivity contribution in [3.8, 4) is 5.75 Å². The maximum absolute atomic E-state index is 12.2. The molecule has 1 saturated heterocycles. The van der Waals surface area contributed by atoms with Gasteiger partial charge < -0.3 is 15.4 Å². The topological polar surface area (TPSA) is 96.5 Å². The molecule has 0 bridgehead atoms. The molecular weight excluding hydrogens is 346 g/mol. The molecule has 1 unspecified atom stereocenters. The van der Waals surface area contributed by atoms with Crippen LogP contribution in [0.2, 0.25) is 0 Å². The Bertz CT molecular complexity index is 938. The fourth-order valence-electron chi connectivity index (χ4n) is 2.81. The monoisotopic (exact) mass is 365 g/mol. The Kier molecular flexibility index (Phi) is 4.94. The molecule has 7 nitrogen and oxygen atoms in total. The molecule has 0 saturated carbocycles. The quantitative estimate of drug-likeness (QED) is 0.560. The first-order valence-corrected chi connectivity index (χ1v) is 8.28. The summed E-state index contributed by atoms with van der Waals surface area (Å²) in [6.07, 6.45) is 3.06. The van der Waals surface area contributed by atoms with E-state index in [0.29, 0.717) is 17.0 Å². The van der Waals surface area contributed by atoms with Gasteiger partial charge in [-0.25, -0.2) is 4.79 Å². The number of hydrogen-bond acceptors (Lipinski definition) is 4. The lowest BCUT2D eigenvalue weighted by atomic mass is 9.92. The fraction of sp³-hybridized carbons (Fsp3) is 0.150. The van der Waals surface area contributed by atoms with Gasteiger partial charge in [-0.15, -0.1) is 0 Å². The Morgan fingerprint density at radius 2 is 1.93 bits per heavy atom. The predicted octanol–water partition coefficient (Wildman–Crippen LogP) is 2.40. The SMILES string of the molecule is COc1ccccc1/C=C/C(=O)Nc1cccc(C2(C)NC(=O)NC2=O)c1. The zero-order valence-electron chi connectivity index (χ0n) is 14.9. The number of hydrogen-bond donors (Lipinski definition) is 3. The summed E-state index contributed by atoms with van der Waals surface area (Å²) >= 11 is 0. The number of carbonyl (C=O) groups is 3. The van der Waals surface area contributed by atoms with Gasteiger partial charge in [0.2, 0.25) is 5.91 Å². The van der Waals surface area contributed by atoms with Gasteiger partial charge >= 0.3 is 6.03 Å². The van der Waals surface area contributed by atoms with Gasteiger partial charge in [0.25, 0.3) is 5.91 Å². The number of carbonyl (C=O) groups excluding carboxylic acids is 3. The van der Waals surface area contributed by atoms with E-state index in [4.69, 9.17) is 4.74 Å². The lowest BCUT2D eigenvalue weighted by molar-refractivity contribution is -0.123. The molecule has 0 radical (unpaired) electrons. The lowest BCUT2D eigenvalue weighted by Crippen LogP contribution is -2.40. The molecule has 0 aliphatic carbocycles. The molecule has 4 amide bonds. The van der Waals surface area contributed by atoms with Crippen LogP contribution in [-0.2, 0) is 15.1 Å². The Balaban J connectivity index is 1.75. The summed E-state index contributed by atoms with van der Waals surface area (Å²) in [6.45, 7) is 1.61. The third kappa shape index (κ3) is 3.82. The van der Waals surface area contributed by atoms with Crippen LogP contribution >= 0.6 is 0 Å². The summed E-state index contributed by atoms with van der Waals surface area (Å²) in [5.74, 6) is -0.102. The van der Waals surface area contributed by atoms with Crippen molar-refractivity contribution in [2.24, 2.45) is 0 Å². The molecule has 3 rings (SSSR count). The van der Waals surface area contributed by atoms with E-state index >= 15 is 0 Å². The Morgan fingerprint density at radius 1 is 1.15 bits per heavy atom. The van der Waals surface area contributed by atoms with E-state index in [1.807, 2.05) is 24.3 Å². The third-order valence-corrected chi connectivity index (χ3v) is 4.31. The minimum absolute atomic E-state index is 0.330. The number of methoxy groups -OCH3 is 1. The standard InChI is InChI=1S/C20H19N3O4/c1-20(18(25)22-19(26)23-20)14-7-5-8-15(12-14)21-17(24)11-10-13-6-3-4-9-16(13)27-2/h3-12H,1-2H3,(H,21,24)(H2,22,23,25,26)/b11-10+. The molecule has 0 aromatic heterocycles. The second-order valence-corrected chi connectivity index (χ2v) is 6.18.